The first-order chi connectivity index (χ1) is 9.08. The van der Waals surface area contributed by atoms with E-state index in [9.17, 15) is 0 Å². The van der Waals surface area contributed by atoms with E-state index in [1.54, 1.807) is 0 Å². The fourth-order valence-corrected chi connectivity index (χ4v) is 2.44. The largest absolute Gasteiger partial charge is 0.369 e. The molecule has 0 atom stereocenters. The Labute approximate surface area is 112 Å². The van der Waals surface area contributed by atoms with Gasteiger partial charge in [-0.05, 0) is 55.7 Å². The Kier molecular flexibility index (Phi) is 2.56. The molecule has 0 spiro atoms. The minimum absolute atomic E-state index is 0.536. The van der Waals surface area contributed by atoms with E-state index in [2.05, 4.69) is 62.2 Å². The predicted octanol–water partition coefficient (Wildman–Crippen LogP) is 3.53. The lowest BCUT2D eigenvalue weighted by Crippen LogP contribution is -2.03. The van der Waals surface area contributed by atoms with Crippen molar-refractivity contribution >= 4 is 17.0 Å². The van der Waals surface area contributed by atoms with E-state index in [1.165, 1.54) is 16.7 Å². The third-order valence-electron chi connectivity index (χ3n) is 3.65. The van der Waals surface area contributed by atoms with Gasteiger partial charge in [0.25, 0.3) is 0 Å². The maximum atomic E-state index is 6.11. The van der Waals surface area contributed by atoms with Gasteiger partial charge >= 0.3 is 0 Å². The van der Waals surface area contributed by atoms with E-state index in [1.807, 2.05) is 4.57 Å². The highest BCUT2D eigenvalue weighted by molar-refractivity contribution is 5.81. The summed E-state index contributed by atoms with van der Waals surface area (Å²) in [6, 6.07) is 12.5. The summed E-state index contributed by atoms with van der Waals surface area (Å²) in [6.45, 7) is 6.29. The van der Waals surface area contributed by atoms with Crippen LogP contribution in [0.3, 0.4) is 0 Å². The van der Waals surface area contributed by atoms with Crippen molar-refractivity contribution < 1.29 is 0 Å². The Bertz CT molecular complexity index is 769. The standard InChI is InChI=1S/C16H17N3/c1-10-7-8-15-13(9-10)18-16(17)19(15)14-6-4-5-11(2)12(14)3/h4-9H,1-3H3,(H2,17,18). The molecule has 0 aliphatic heterocycles. The van der Waals surface area contributed by atoms with Crippen molar-refractivity contribution in [3.05, 3.63) is 53.1 Å². The van der Waals surface area contributed by atoms with Crippen molar-refractivity contribution in [2.75, 3.05) is 5.73 Å². The van der Waals surface area contributed by atoms with E-state index >= 15 is 0 Å². The van der Waals surface area contributed by atoms with Gasteiger partial charge in [0.05, 0.1) is 16.7 Å². The maximum absolute atomic E-state index is 6.11. The lowest BCUT2D eigenvalue weighted by Gasteiger charge is -2.12. The number of aromatic nitrogens is 2. The molecule has 0 amide bonds. The SMILES string of the molecule is Cc1ccc2c(c1)nc(N)n2-c1cccc(C)c1C. The van der Waals surface area contributed by atoms with E-state index in [4.69, 9.17) is 5.73 Å². The molecule has 0 aliphatic carbocycles. The summed E-state index contributed by atoms with van der Waals surface area (Å²) < 4.78 is 2.02. The average molecular weight is 251 g/mol. The third kappa shape index (κ3) is 1.78. The zero-order valence-corrected chi connectivity index (χ0v) is 11.4. The fraction of sp³-hybridized carbons (Fsp3) is 0.188. The summed E-state index contributed by atoms with van der Waals surface area (Å²) in [5.41, 5.74) is 12.9. The first-order valence-corrected chi connectivity index (χ1v) is 6.39. The van der Waals surface area contributed by atoms with Crippen LogP contribution in [0.25, 0.3) is 16.7 Å². The summed E-state index contributed by atoms with van der Waals surface area (Å²) in [4.78, 5) is 4.46. The molecule has 1 aromatic heterocycles. The highest BCUT2D eigenvalue weighted by atomic mass is 15.2. The number of aryl methyl sites for hydroxylation is 2. The quantitative estimate of drug-likeness (QED) is 0.719. The molecule has 0 radical (unpaired) electrons. The highest BCUT2D eigenvalue weighted by Crippen LogP contribution is 2.26. The Balaban J connectivity index is 2.36. The van der Waals surface area contributed by atoms with Gasteiger partial charge in [0.15, 0.2) is 0 Å². The Morgan fingerprint density at radius 3 is 2.63 bits per heavy atom. The van der Waals surface area contributed by atoms with Gasteiger partial charge in [0.2, 0.25) is 5.95 Å². The number of benzene rings is 2. The molecule has 2 N–H and O–H groups in total. The fourth-order valence-electron chi connectivity index (χ4n) is 2.44. The molecular formula is C16H17N3. The minimum atomic E-state index is 0.536. The average Bonchev–Trinajstić information content (AvgIpc) is 2.68. The van der Waals surface area contributed by atoms with Crippen LogP contribution in [0.5, 0.6) is 0 Å². The smallest absolute Gasteiger partial charge is 0.205 e. The summed E-state index contributed by atoms with van der Waals surface area (Å²) in [6.07, 6.45) is 0. The lowest BCUT2D eigenvalue weighted by atomic mass is 10.1. The first-order valence-electron chi connectivity index (χ1n) is 6.39. The van der Waals surface area contributed by atoms with Crippen molar-refractivity contribution in [1.29, 1.82) is 0 Å². The topological polar surface area (TPSA) is 43.8 Å². The van der Waals surface area contributed by atoms with Gasteiger partial charge in [-0.15, -0.1) is 0 Å². The number of hydrogen-bond acceptors (Lipinski definition) is 2. The molecule has 2 aromatic carbocycles. The van der Waals surface area contributed by atoms with Crippen molar-refractivity contribution in [3.63, 3.8) is 0 Å². The van der Waals surface area contributed by atoms with Crippen LogP contribution in [0, 0.1) is 20.8 Å². The monoisotopic (exact) mass is 251 g/mol. The molecule has 3 aromatic rings. The second-order valence-corrected chi connectivity index (χ2v) is 5.02. The molecule has 3 rings (SSSR count). The van der Waals surface area contributed by atoms with E-state index < -0.39 is 0 Å². The predicted molar refractivity (Wildman–Crippen MR) is 79.7 cm³/mol. The number of hydrogen-bond donors (Lipinski definition) is 1. The molecule has 0 unspecified atom stereocenters. The molecular weight excluding hydrogens is 234 g/mol. The van der Waals surface area contributed by atoms with Crippen molar-refractivity contribution in [2.45, 2.75) is 20.8 Å². The van der Waals surface area contributed by atoms with Crippen LogP contribution in [0.1, 0.15) is 16.7 Å². The molecule has 0 saturated heterocycles. The normalized spacial score (nSPS) is 11.1. The van der Waals surface area contributed by atoms with E-state index in [0.29, 0.717) is 5.95 Å². The van der Waals surface area contributed by atoms with E-state index in [0.717, 1.165) is 16.7 Å². The van der Waals surface area contributed by atoms with Gasteiger partial charge in [-0.1, -0.05) is 18.2 Å². The minimum Gasteiger partial charge on any atom is -0.369 e. The molecule has 0 aliphatic rings. The zero-order valence-electron chi connectivity index (χ0n) is 11.4. The summed E-state index contributed by atoms with van der Waals surface area (Å²) >= 11 is 0. The number of imidazole rings is 1. The third-order valence-corrected chi connectivity index (χ3v) is 3.65. The summed E-state index contributed by atoms with van der Waals surface area (Å²) in [5, 5.41) is 0. The van der Waals surface area contributed by atoms with Crippen LogP contribution in [0.4, 0.5) is 5.95 Å². The van der Waals surface area contributed by atoms with Crippen LogP contribution in [0.15, 0.2) is 36.4 Å². The number of fused-ring (bicyclic) bond motifs is 1. The van der Waals surface area contributed by atoms with Crippen molar-refractivity contribution in [1.82, 2.24) is 9.55 Å². The Hall–Kier alpha value is -2.29. The van der Waals surface area contributed by atoms with Gasteiger partial charge < -0.3 is 5.73 Å². The second kappa shape index (κ2) is 4.12. The molecule has 96 valence electrons. The van der Waals surface area contributed by atoms with Crippen LogP contribution in [0.2, 0.25) is 0 Å². The van der Waals surface area contributed by atoms with Gasteiger partial charge in [0, 0.05) is 0 Å². The number of rotatable bonds is 1. The second-order valence-electron chi connectivity index (χ2n) is 5.02. The molecule has 3 nitrogen and oxygen atoms in total. The molecule has 1 heterocycles. The number of nitrogen functional groups attached to an aromatic ring is 1. The van der Waals surface area contributed by atoms with Crippen LogP contribution in [-0.2, 0) is 0 Å². The van der Waals surface area contributed by atoms with Crippen LogP contribution >= 0.6 is 0 Å². The number of nitrogens with two attached hydrogens (primary N) is 1. The summed E-state index contributed by atoms with van der Waals surface area (Å²) in [5.74, 6) is 0.536. The molecule has 0 saturated carbocycles. The van der Waals surface area contributed by atoms with Gasteiger partial charge in [-0.3, -0.25) is 4.57 Å². The number of nitrogens with zero attached hydrogens (tertiary/aromatic N) is 2. The molecule has 19 heavy (non-hydrogen) atoms. The first kappa shape index (κ1) is 11.8. The van der Waals surface area contributed by atoms with Gasteiger partial charge in [-0.25, -0.2) is 4.98 Å². The highest BCUT2D eigenvalue weighted by Gasteiger charge is 2.12. The van der Waals surface area contributed by atoms with Gasteiger partial charge in [0.1, 0.15) is 0 Å². The van der Waals surface area contributed by atoms with Crippen molar-refractivity contribution in [3.8, 4) is 5.69 Å². The number of anilines is 1. The van der Waals surface area contributed by atoms with Crippen LogP contribution < -0.4 is 5.73 Å². The molecule has 3 heteroatoms. The van der Waals surface area contributed by atoms with E-state index in [-0.39, 0.29) is 0 Å². The molecule has 0 fully saturated rings. The van der Waals surface area contributed by atoms with Crippen LogP contribution in [-0.4, -0.2) is 9.55 Å². The Morgan fingerprint density at radius 2 is 1.84 bits per heavy atom. The lowest BCUT2D eigenvalue weighted by molar-refractivity contribution is 1.08. The summed E-state index contributed by atoms with van der Waals surface area (Å²) in [7, 11) is 0. The maximum Gasteiger partial charge on any atom is 0.205 e. The van der Waals surface area contributed by atoms with Crippen molar-refractivity contribution in [2.24, 2.45) is 0 Å². The zero-order chi connectivity index (χ0) is 13.6. The Morgan fingerprint density at radius 1 is 1.05 bits per heavy atom. The molecule has 0 bridgehead atoms. The van der Waals surface area contributed by atoms with Gasteiger partial charge in [-0.2, -0.15) is 0 Å².